The summed E-state index contributed by atoms with van der Waals surface area (Å²) >= 11 is 0. The molecule has 4 heteroatoms. The Kier molecular flexibility index (Phi) is 11.8. The fraction of sp³-hybridized carbons (Fsp3) is 0.400. The van der Waals surface area contributed by atoms with Gasteiger partial charge in [0.1, 0.15) is 23.0 Å². The SMILES string of the molecule is Cc1cc(C(CCCCCCCCCCC(c2ccc(O)c(C)c2)c2ccc(O)c(C)c2)c2ccc(O)c(C)c2)ccc1O. The van der Waals surface area contributed by atoms with Crippen LogP contribution in [0.5, 0.6) is 23.0 Å². The van der Waals surface area contributed by atoms with Crippen LogP contribution in [-0.4, -0.2) is 20.4 Å². The molecule has 0 unspecified atom stereocenters. The molecular weight excluding hydrogens is 544 g/mol. The Bertz CT molecular complexity index is 1300. The Morgan fingerprint density at radius 1 is 0.364 bits per heavy atom. The third-order valence-electron chi connectivity index (χ3n) is 9.23. The molecule has 0 fully saturated rings. The van der Waals surface area contributed by atoms with Crippen LogP contribution in [0.15, 0.2) is 72.8 Å². The van der Waals surface area contributed by atoms with Crippen molar-refractivity contribution in [2.45, 2.75) is 104 Å². The first-order valence-electron chi connectivity index (χ1n) is 16.3. The molecule has 0 bridgehead atoms. The lowest BCUT2D eigenvalue weighted by molar-refractivity contribution is 0.469. The molecule has 0 aliphatic carbocycles. The van der Waals surface area contributed by atoms with Crippen LogP contribution >= 0.6 is 0 Å². The molecule has 0 radical (unpaired) electrons. The summed E-state index contributed by atoms with van der Waals surface area (Å²) < 4.78 is 0. The van der Waals surface area contributed by atoms with Crippen molar-refractivity contribution in [1.82, 2.24) is 0 Å². The van der Waals surface area contributed by atoms with E-state index in [9.17, 15) is 20.4 Å². The van der Waals surface area contributed by atoms with Gasteiger partial charge in [0, 0.05) is 11.8 Å². The van der Waals surface area contributed by atoms with Crippen molar-refractivity contribution in [3.05, 3.63) is 117 Å². The molecule has 4 aromatic rings. The van der Waals surface area contributed by atoms with Gasteiger partial charge < -0.3 is 20.4 Å². The predicted molar refractivity (Wildman–Crippen MR) is 181 cm³/mol. The highest BCUT2D eigenvalue weighted by molar-refractivity contribution is 5.45. The van der Waals surface area contributed by atoms with Crippen LogP contribution in [0.1, 0.15) is 121 Å². The highest BCUT2D eigenvalue weighted by Gasteiger charge is 2.18. The van der Waals surface area contributed by atoms with Crippen molar-refractivity contribution >= 4 is 0 Å². The molecule has 4 N–H and O–H groups in total. The summed E-state index contributed by atoms with van der Waals surface area (Å²) in [6.07, 6.45) is 11.7. The fourth-order valence-corrected chi connectivity index (χ4v) is 6.39. The summed E-state index contributed by atoms with van der Waals surface area (Å²) in [6, 6.07) is 23.7. The quantitative estimate of drug-likeness (QED) is 0.103. The molecule has 0 aliphatic heterocycles. The van der Waals surface area contributed by atoms with Crippen LogP contribution in [0.2, 0.25) is 0 Å². The van der Waals surface area contributed by atoms with Crippen LogP contribution < -0.4 is 0 Å². The molecule has 4 aromatic carbocycles. The monoisotopic (exact) mass is 594 g/mol. The fourth-order valence-electron chi connectivity index (χ4n) is 6.39. The average Bonchev–Trinajstić information content (AvgIpc) is 3.00. The van der Waals surface area contributed by atoms with E-state index >= 15 is 0 Å². The number of phenolic OH excluding ortho intramolecular Hbond substituents is 4. The van der Waals surface area contributed by atoms with Crippen LogP contribution in [-0.2, 0) is 0 Å². The van der Waals surface area contributed by atoms with E-state index in [1.165, 1.54) is 60.8 Å². The van der Waals surface area contributed by atoms with E-state index in [1.807, 2.05) is 52.0 Å². The van der Waals surface area contributed by atoms with Crippen molar-refractivity contribution < 1.29 is 20.4 Å². The van der Waals surface area contributed by atoms with Gasteiger partial charge in [0.2, 0.25) is 0 Å². The lowest BCUT2D eigenvalue weighted by Gasteiger charge is -2.20. The maximum Gasteiger partial charge on any atom is 0.118 e. The van der Waals surface area contributed by atoms with Gasteiger partial charge in [-0.25, -0.2) is 0 Å². The van der Waals surface area contributed by atoms with E-state index in [-0.39, 0.29) is 11.8 Å². The summed E-state index contributed by atoms with van der Waals surface area (Å²) in [5.41, 5.74) is 8.44. The summed E-state index contributed by atoms with van der Waals surface area (Å²) in [5, 5.41) is 40.2. The minimum atomic E-state index is 0.247. The van der Waals surface area contributed by atoms with Gasteiger partial charge in [-0.15, -0.1) is 0 Å². The van der Waals surface area contributed by atoms with Gasteiger partial charge in [-0.3, -0.25) is 0 Å². The molecule has 234 valence electrons. The Hall–Kier alpha value is -3.92. The van der Waals surface area contributed by atoms with Gasteiger partial charge in [-0.05, 0) is 109 Å². The third kappa shape index (κ3) is 8.81. The van der Waals surface area contributed by atoms with Crippen molar-refractivity contribution in [2.75, 3.05) is 0 Å². The number of phenols is 4. The highest BCUT2D eigenvalue weighted by Crippen LogP contribution is 2.36. The van der Waals surface area contributed by atoms with Crippen molar-refractivity contribution in [2.24, 2.45) is 0 Å². The van der Waals surface area contributed by atoms with Gasteiger partial charge in [-0.2, -0.15) is 0 Å². The molecule has 4 rings (SSSR count). The van der Waals surface area contributed by atoms with Crippen LogP contribution in [0, 0.1) is 27.7 Å². The van der Waals surface area contributed by atoms with E-state index in [4.69, 9.17) is 0 Å². The second kappa shape index (κ2) is 15.7. The third-order valence-corrected chi connectivity index (χ3v) is 9.23. The molecular formula is C40H50O4. The normalized spacial score (nSPS) is 11.5. The van der Waals surface area contributed by atoms with E-state index in [0.29, 0.717) is 23.0 Å². The maximum atomic E-state index is 10.0. The Morgan fingerprint density at radius 3 is 0.818 bits per heavy atom. The smallest absolute Gasteiger partial charge is 0.118 e. The Morgan fingerprint density at radius 2 is 0.591 bits per heavy atom. The topological polar surface area (TPSA) is 80.9 Å². The molecule has 0 atom stereocenters. The standard InChI is InChI=1S/C40H50O4/c1-27-23-31(15-19-37(27)41)35(32-16-20-38(42)28(2)24-32)13-11-9-7-5-6-8-10-12-14-36(33-17-21-39(43)29(3)25-33)34-18-22-40(44)30(4)26-34/h15-26,35-36,41-44H,5-14H2,1-4H3. The minimum absolute atomic E-state index is 0.247. The van der Waals surface area contributed by atoms with E-state index in [0.717, 1.165) is 47.9 Å². The van der Waals surface area contributed by atoms with Crippen molar-refractivity contribution in [1.29, 1.82) is 0 Å². The number of unbranched alkanes of at least 4 members (excludes halogenated alkanes) is 7. The zero-order valence-corrected chi connectivity index (χ0v) is 26.9. The predicted octanol–water partition coefficient (Wildman–Crippen LogP) is 10.6. The van der Waals surface area contributed by atoms with Crippen LogP contribution in [0.3, 0.4) is 0 Å². The number of benzene rings is 4. The van der Waals surface area contributed by atoms with Crippen molar-refractivity contribution in [3.8, 4) is 23.0 Å². The summed E-state index contributed by atoms with van der Waals surface area (Å²) in [7, 11) is 0. The van der Waals surface area contributed by atoms with E-state index in [1.54, 1.807) is 24.3 Å². The lowest BCUT2D eigenvalue weighted by Crippen LogP contribution is -2.03. The molecule has 0 saturated carbocycles. The molecule has 44 heavy (non-hydrogen) atoms. The highest BCUT2D eigenvalue weighted by atomic mass is 16.3. The zero-order chi connectivity index (χ0) is 31.6. The molecule has 0 aliphatic rings. The van der Waals surface area contributed by atoms with Gasteiger partial charge in [0.25, 0.3) is 0 Å². The summed E-state index contributed by atoms with van der Waals surface area (Å²) in [6.45, 7) is 7.78. The van der Waals surface area contributed by atoms with Crippen LogP contribution in [0.25, 0.3) is 0 Å². The summed E-state index contributed by atoms with van der Waals surface area (Å²) in [4.78, 5) is 0. The van der Waals surface area contributed by atoms with E-state index < -0.39 is 0 Å². The molecule has 0 aromatic heterocycles. The van der Waals surface area contributed by atoms with Crippen LogP contribution in [0.4, 0.5) is 0 Å². The Labute approximate surface area is 264 Å². The first kappa shape index (κ1) is 33.0. The minimum Gasteiger partial charge on any atom is -0.508 e. The maximum absolute atomic E-state index is 10.0. The number of aryl methyl sites for hydroxylation is 4. The number of aromatic hydroxyl groups is 4. The first-order chi connectivity index (χ1) is 21.1. The second-order valence-corrected chi connectivity index (χ2v) is 12.7. The molecule has 0 spiro atoms. The Balaban J connectivity index is 1.23. The van der Waals surface area contributed by atoms with E-state index in [2.05, 4.69) is 24.3 Å². The first-order valence-corrected chi connectivity index (χ1v) is 16.3. The number of hydrogen-bond donors (Lipinski definition) is 4. The van der Waals surface area contributed by atoms with Gasteiger partial charge in [-0.1, -0.05) is 99.9 Å². The zero-order valence-electron chi connectivity index (χ0n) is 26.9. The molecule has 0 saturated heterocycles. The van der Waals surface area contributed by atoms with Gasteiger partial charge in [0.05, 0.1) is 0 Å². The van der Waals surface area contributed by atoms with Crippen molar-refractivity contribution in [3.63, 3.8) is 0 Å². The van der Waals surface area contributed by atoms with Gasteiger partial charge >= 0.3 is 0 Å². The number of hydrogen-bond acceptors (Lipinski definition) is 4. The van der Waals surface area contributed by atoms with Gasteiger partial charge in [0.15, 0.2) is 0 Å². The largest absolute Gasteiger partial charge is 0.508 e. The summed E-state index contributed by atoms with van der Waals surface area (Å²) in [5.74, 6) is 1.81. The number of rotatable bonds is 15. The second-order valence-electron chi connectivity index (χ2n) is 12.7. The lowest BCUT2D eigenvalue weighted by atomic mass is 9.85. The molecule has 0 heterocycles. The molecule has 0 amide bonds. The average molecular weight is 595 g/mol. The molecule has 4 nitrogen and oxygen atoms in total.